The Kier molecular flexibility index (Phi) is 5.91. The monoisotopic (exact) mass is 343 g/mol. The van der Waals surface area contributed by atoms with Gasteiger partial charge in [-0.05, 0) is 37.6 Å². The summed E-state index contributed by atoms with van der Waals surface area (Å²) in [6.07, 6.45) is 0. The largest absolute Gasteiger partial charge is 0.496 e. The second-order valence-electron chi connectivity index (χ2n) is 6.19. The van der Waals surface area contributed by atoms with Crippen molar-refractivity contribution in [1.29, 1.82) is 0 Å². The van der Waals surface area contributed by atoms with Gasteiger partial charge >= 0.3 is 0 Å². The Labute approximate surface area is 148 Å². The minimum Gasteiger partial charge on any atom is -0.496 e. The van der Waals surface area contributed by atoms with Gasteiger partial charge in [0.1, 0.15) is 5.75 Å². The number of hydrogen-bond acceptors (Lipinski definition) is 4. The minimum absolute atomic E-state index is 0.0781. The van der Waals surface area contributed by atoms with Gasteiger partial charge in [-0.15, -0.1) is 0 Å². The van der Waals surface area contributed by atoms with Crippen LogP contribution in [0, 0.1) is 0 Å². The van der Waals surface area contributed by atoms with Crippen LogP contribution in [0.15, 0.2) is 42.5 Å². The van der Waals surface area contributed by atoms with Crippen LogP contribution in [0.25, 0.3) is 0 Å². The lowest BCUT2D eigenvalue weighted by molar-refractivity contribution is -0.125. The molecule has 0 aliphatic rings. The molecule has 0 saturated carbocycles. The molecule has 2 aromatic rings. The number of hydrogen-bond donors (Lipinski definition) is 1. The van der Waals surface area contributed by atoms with Crippen molar-refractivity contribution in [2.24, 2.45) is 0 Å². The van der Waals surface area contributed by atoms with Crippen LogP contribution < -0.4 is 19.5 Å². The Hall–Kier alpha value is -2.69. The molecule has 25 heavy (non-hydrogen) atoms. The first-order valence-corrected chi connectivity index (χ1v) is 8.06. The van der Waals surface area contributed by atoms with Crippen LogP contribution in [0.1, 0.15) is 25.0 Å². The van der Waals surface area contributed by atoms with Crippen molar-refractivity contribution in [3.05, 3.63) is 53.6 Å². The summed E-state index contributed by atoms with van der Waals surface area (Å²) in [7, 11) is 4.78. The third-order valence-electron chi connectivity index (χ3n) is 4.30. The van der Waals surface area contributed by atoms with Crippen LogP contribution in [0.2, 0.25) is 0 Å². The molecule has 2 rings (SSSR count). The molecule has 0 aliphatic carbocycles. The SMILES string of the molecule is COc1ccccc1CNC(=O)C(C)(C)c1ccc(OC)c(OC)c1. The molecule has 5 nitrogen and oxygen atoms in total. The van der Waals surface area contributed by atoms with E-state index in [1.165, 1.54) is 0 Å². The molecule has 0 radical (unpaired) electrons. The van der Waals surface area contributed by atoms with Crippen LogP contribution in [-0.2, 0) is 16.8 Å². The van der Waals surface area contributed by atoms with Crippen LogP contribution in [0.4, 0.5) is 0 Å². The number of rotatable bonds is 7. The zero-order chi connectivity index (χ0) is 18.4. The summed E-state index contributed by atoms with van der Waals surface area (Å²) in [6.45, 7) is 4.16. The second-order valence-corrected chi connectivity index (χ2v) is 6.19. The average Bonchev–Trinajstić information content (AvgIpc) is 2.65. The standard InChI is InChI=1S/C20H25NO4/c1-20(2,15-10-11-17(24-4)18(12-15)25-5)19(22)21-13-14-8-6-7-9-16(14)23-3/h6-12H,13H2,1-5H3,(H,21,22). The molecule has 2 aromatic carbocycles. The molecule has 5 heteroatoms. The Balaban J connectivity index is 2.17. The summed E-state index contributed by atoms with van der Waals surface area (Å²) in [5.41, 5.74) is 1.06. The molecule has 0 saturated heterocycles. The van der Waals surface area contributed by atoms with E-state index < -0.39 is 5.41 Å². The van der Waals surface area contributed by atoms with Crippen LogP contribution in [0.3, 0.4) is 0 Å². The van der Waals surface area contributed by atoms with Crippen molar-refractivity contribution >= 4 is 5.91 Å². The molecule has 0 atom stereocenters. The molecule has 0 heterocycles. The van der Waals surface area contributed by atoms with Gasteiger partial charge in [0.25, 0.3) is 0 Å². The maximum atomic E-state index is 12.8. The molecule has 1 N–H and O–H groups in total. The van der Waals surface area contributed by atoms with Gasteiger partial charge in [-0.3, -0.25) is 4.79 Å². The highest BCUT2D eigenvalue weighted by atomic mass is 16.5. The fourth-order valence-corrected chi connectivity index (χ4v) is 2.60. The first kappa shape index (κ1) is 18.6. The van der Waals surface area contributed by atoms with Crippen molar-refractivity contribution in [2.75, 3.05) is 21.3 Å². The molecule has 134 valence electrons. The summed E-state index contributed by atoms with van der Waals surface area (Å²) in [4.78, 5) is 12.8. The molecule has 0 fully saturated rings. The Morgan fingerprint density at radius 2 is 1.56 bits per heavy atom. The van der Waals surface area contributed by atoms with Gasteiger partial charge in [0, 0.05) is 12.1 Å². The van der Waals surface area contributed by atoms with Gasteiger partial charge in [-0.25, -0.2) is 0 Å². The van der Waals surface area contributed by atoms with Crippen molar-refractivity contribution in [2.45, 2.75) is 25.8 Å². The number of amides is 1. The van der Waals surface area contributed by atoms with Crippen molar-refractivity contribution < 1.29 is 19.0 Å². The van der Waals surface area contributed by atoms with Gasteiger partial charge in [0.15, 0.2) is 11.5 Å². The summed E-state index contributed by atoms with van der Waals surface area (Å²) in [5.74, 6) is 1.92. The number of carbonyl (C=O) groups excluding carboxylic acids is 1. The third-order valence-corrected chi connectivity index (χ3v) is 4.30. The van der Waals surface area contributed by atoms with E-state index in [-0.39, 0.29) is 5.91 Å². The second kappa shape index (κ2) is 7.92. The fraction of sp³-hybridized carbons (Fsp3) is 0.350. The summed E-state index contributed by atoms with van der Waals surface area (Å²) < 4.78 is 15.9. The van der Waals surface area contributed by atoms with Crippen molar-refractivity contribution in [3.8, 4) is 17.2 Å². The van der Waals surface area contributed by atoms with E-state index in [2.05, 4.69) is 5.32 Å². The van der Waals surface area contributed by atoms with Crippen LogP contribution >= 0.6 is 0 Å². The quantitative estimate of drug-likeness (QED) is 0.838. The number of methoxy groups -OCH3 is 3. The highest BCUT2D eigenvalue weighted by Gasteiger charge is 2.30. The third kappa shape index (κ3) is 4.05. The fourth-order valence-electron chi connectivity index (χ4n) is 2.60. The lowest BCUT2D eigenvalue weighted by atomic mass is 9.83. The zero-order valence-electron chi connectivity index (χ0n) is 15.4. The summed E-state index contributed by atoms with van der Waals surface area (Å²) >= 11 is 0. The number of benzene rings is 2. The maximum absolute atomic E-state index is 12.8. The summed E-state index contributed by atoms with van der Waals surface area (Å²) in [5, 5.41) is 2.99. The number of para-hydroxylation sites is 1. The van der Waals surface area contributed by atoms with Gasteiger partial charge in [-0.1, -0.05) is 24.3 Å². The van der Waals surface area contributed by atoms with Crippen LogP contribution in [0.5, 0.6) is 17.2 Å². The Morgan fingerprint density at radius 3 is 2.20 bits per heavy atom. The van der Waals surface area contributed by atoms with E-state index in [0.29, 0.717) is 18.0 Å². The van der Waals surface area contributed by atoms with E-state index in [0.717, 1.165) is 16.9 Å². The highest BCUT2D eigenvalue weighted by molar-refractivity contribution is 5.87. The number of nitrogens with one attached hydrogen (secondary N) is 1. The molecule has 0 aliphatic heterocycles. The average molecular weight is 343 g/mol. The van der Waals surface area contributed by atoms with E-state index >= 15 is 0 Å². The molecular formula is C20H25NO4. The number of carbonyl (C=O) groups is 1. The number of ether oxygens (including phenoxy) is 3. The van der Waals surface area contributed by atoms with Gasteiger partial charge in [0.05, 0.1) is 26.7 Å². The molecule has 0 spiro atoms. The minimum atomic E-state index is -0.721. The Morgan fingerprint density at radius 1 is 0.920 bits per heavy atom. The van der Waals surface area contributed by atoms with E-state index in [4.69, 9.17) is 14.2 Å². The normalized spacial score (nSPS) is 10.9. The summed E-state index contributed by atoms with van der Waals surface area (Å²) in [6, 6.07) is 13.2. The van der Waals surface area contributed by atoms with Crippen molar-refractivity contribution in [3.63, 3.8) is 0 Å². The Bertz CT molecular complexity index is 740. The predicted octanol–water partition coefficient (Wildman–Crippen LogP) is 3.31. The molecule has 1 amide bonds. The smallest absolute Gasteiger partial charge is 0.230 e. The molecular weight excluding hydrogens is 318 g/mol. The molecule has 0 aromatic heterocycles. The lowest BCUT2D eigenvalue weighted by Crippen LogP contribution is -2.39. The van der Waals surface area contributed by atoms with Crippen LogP contribution in [-0.4, -0.2) is 27.2 Å². The van der Waals surface area contributed by atoms with Crippen molar-refractivity contribution in [1.82, 2.24) is 5.32 Å². The van der Waals surface area contributed by atoms with E-state index in [1.54, 1.807) is 21.3 Å². The maximum Gasteiger partial charge on any atom is 0.230 e. The molecule has 0 bridgehead atoms. The van der Waals surface area contributed by atoms with Gasteiger partial charge in [-0.2, -0.15) is 0 Å². The van der Waals surface area contributed by atoms with E-state index in [1.807, 2.05) is 56.3 Å². The lowest BCUT2D eigenvalue weighted by Gasteiger charge is -2.25. The van der Waals surface area contributed by atoms with E-state index in [9.17, 15) is 4.79 Å². The zero-order valence-corrected chi connectivity index (χ0v) is 15.4. The van der Waals surface area contributed by atoms with Gasteiger partial charge in [0.2, 0.25) is 5.91 Å². The highest BCUT2D eigenvalue weighted by Crippen LogP contribution is 2.33. The molecule has 0 unspecified atom stereocenters. The first-order valence-electron chi connectivity index (χ1n) is 8.06. The predicted molar refractivity (Wildman–Crippen MR) is 97.4 cm³/mol. The van der Waals surface area contributed by atoms with Gasteiger partial charge < -0.3 is 19.5 Å². The first-order chi connectivity index (χ1) is 11.9. The topological polar surface area (TPSA) is 56.8 Å².